The maximum absolute atomic E-state index is 10.6. The maximum atomic E-state index is 10.6. The lowest BCUT2D eigenvalue weighted by Gasteiger charge is -2.40. The smallest absolute Gasteiger partial charge is 0.328 e. The Bertz CT molecular complexity index is 310. The van der Waals surface area contributed by atoms with Gasteiger partial charge in [-0.3, -0.25) is 4.90 Å². The van der Waals surface area contributed by atoms with Gasteiger partial charge in [-0.25, -0.2) is 4.79 Å². The van der Waals surface area contributed by atoms with E-state index >= 15 is 0 Å². The maximum Gasteiger partial charge on any atom is 0.328 e. The van der Waals surface area contributed by atoms with Crippen molar-refractivity contribution in [3.05, 3.63) is 11.6 Å². The van der Waals surface area contributed by atoms with Crippen molar-refractivity contribution < 1.29 is 9.90 Å². The number of nitrogens with zero attached hydrogens (tertiary/aromatic N) is 2. The number of rotatable bonds is 3. The summed E-state index contributed by atoms with van der Waals surface area (Å²) in [6.07, 6.45) is 5.59. The van der Waals surface area contributed by atoms with Crippen molar-refractivity contribution in [2.45, 2.75) is 38.6 Å². The lowest BCUT2D eigenvalue weighted by Crippen LogP contribution is -2.50. The Morgan fingerprint density at radius 3 is 2.39 bits per heavy atom. The number of piperazine rings is 1. The molecule has 0 spiro atoms. The van der Waals surface area contributed by atoms with Gasteiger partial charge in [0, 0.05) is 38.3 Å². The van der Waals surface area contributed by atoms with Crippen molar-refractivity contribution in [3.63, 3.8) is 0 Å². The first-order valence-electron chi connectivity index (χ1n) is 7.08. The molecule has 1 aliphatic carbocycles. The van der Waals surface area contributed by atoms with Crippen molar-refractivity contribution in [1.82, 2.24) is 9.80 Å². The van der Waals surface area contributed by atoms with Gasteiger partial charge in [0.2, 0.25) is 0 Å². The van der Waals surface area contributed by atoms with Crippen LogP contribution in [0.4, 0.5) is 0 Å². The number of aliphatic carboxylic acids is 1. The topological polar surface area (TPSA) is 43.8 Å². The second-order valence-electron chi connectivity index (χ2n) is 5.34. The van der Waals surface area contributed by atoms with E-state index < -0.39 is 5.97 Å². The van der Waals surface area contributed by atoms with Gasteiger partial charge in [-0.15, -0.1) is 0 Å². The SMILES string of the molecule is CCN1CCN(C2CCC(=CC(=O)O)CC2)CC1. The van der Waals surface area contributed by atoms with Crippen molar-refractivity contribution in [3.8, 4) is 0 Å². The second-order valence-corrected chi connectivity index (χ2v) is 5.34. The van der Waals surface area contributed by atoms with Gasteiger partial charge in [0.15, 0.2) is 0 Å². The quantitative estimate of drug-likeness (QED) is 0.775. The number of carboxylic acid groups (broad SMARTS) is 1. The summed E-state index contributed by atoms with van der Waals surface area (Å²) in [5.74, 6) is -0.792. The van der Waals surface area contributed by atoms with E-state index in [1.165, 1.54) is 32.3 Å². The summed E-state index contributed by atoms with van der Waals surface area (Å²) < 4.78 is 0. The van der Waals surface area contributed by atoms with Gasteiger partial charge < -0.3 is 10.0 Å². The van der Waals surface area contributed by atoms with E-state index in [0.29, 0.717) is 6.04 Å². The van der Waals surface area contributed by atoms with E-state index in [-0.39, 0.29) is 0 Å². The van der Waals surface area contributed by atoms with Crippen molar-refractivity contribution >= 4 is 5.97 Å². The van der Waals surface area contributed by atoms with E-state index in [4.69, 9.17) is 5.11 Å². The van der Waals surface area contributed by atoms with Crippen LogP contribution >= 0.6 is 0 Å². The van der Waals surface area contributed by atoms with E-state index in [0.717, 1.165) is 37.8 Å². The highest BCUT2D eigenvalue weighted by Gasteiger charge is 2.25. The lowest BCUT2D eigenvalue weighted by molar-refractivity contribution is -0.131. The Balaban J connectivity index is 1.78. The van der Waals surface area contributed by atoms with Crippen LogP contribution < -0.4 is 0 Å². The van der Waals surface area contributed by atoms with Crippen LogP contribution in [0.3, 0.4) is 0 Å². The minimum Gasteiger partial charge on any atom is -0.478 e. The average molecular weight is 252 g/mol. The fourth-order valence-electron chi connectivity index (χ4n) is 3.10. The third-order valence-corrected chi connectivity index (χ3v) is 4.30. The summed E-state index contributed by atoms with van der Waals surface area (Å²) in [6.45, 7) is 8.10. The van der Waals surface area contributed by atoms with Gasteiger partial charge in [0.25, 0.3) is 0 Å². The van der Waals surface area contributed by atoms with Gasteiger partial charge in [0.1, 0.15) is 0 Å². The third-order valence-electron chi connectivity index (χ3n) is 4.30. The molecule has 1 N–H and O–H groups in total. The molecule has 2 fully saturated rings. The zero-order chi connectivity index (χ0) is 13.0. The molecule has 1 saturated heterocycles. The minimum atomic E-state index is -0.792. The highest BCUT2D eigenvalue weighted by Crippen LogP contribution is 2.27. The zero-order valence-electron chi connectivity index (χ0n) is 11.3. The van der Waals surface area contributed by atoms with Gasteiger partial charge in [0.05, 0.1) is 0 Å². The third kappa shape index (κ3) is 3.56. The van der Waals surface area contributed by atoms with E-state index in [1.54, 1.807) is 0 Å². The van der Waals surface area contributed by atoms with Gasteiger partial charge in [-0.1, -0.05) is 12.5 Å². The molecule has 0 radical (unpaired) electrons. The fourth-order valence-corrected chi connectivity index (χ4v) is 3.10. The van der Waals surface area contributed by atoms with Crippen molar-refractivity contribution in [2.75, 3.05) is 32.7 Å². The number of carboxylic acids is 1. The highest BCUT2D eigenvalue weighted by atomic mass is 16.4. The first kappa shape index (κ1) is 13.6. The Labute approximate surface area is 109 Å². The molecule has 0 bridgehead atoms. The number of likely N-dealkylation sites (N-methyl/N-ethyl adjacent to an activating group) is 1. The average Bonchev–Trinajstić information content (AvgIpc) is 2.39. The summed E-state index contributed by atoms with van der Waals surface area (Å²) in [5, 5.41) is 8.74. The van der Waals surface area contributed by atoms with Gasteiger partial charge in [-0.05, 0) is 32.2 Å². The molecule has 4 nitrogen and oxygen atoms in total. The number of carbonyl (C=O) groups is 1. The molecule has 0 amide bonds. The van der Waals surface area contributed by atoms with Crippen LogP contribution in [-0.2, 0) is 4.79 Å². The van der Waals surface area contributed by atoms with Gasteiger partial charge >= 0.3 is 5.97 Å². The largest absolute Gasteiger partial charge is 0.478 e. The van der Waals surface area contributed by atoms with Gasteiger partial charge in [-0.2, -0.15) is 0 Å². The van der Waals surface area contributed by atoms with Crippen LogP contribution in [0.15, 0.2) is 11.6 Å². The molecular weight excluding hydrogens is 228 g/mol. The van der Waals surface area contributed by atoms with E-state index in [2.05, 4.69) is 16.7 Å². The molecule has 4 heteroatoms. The first-order valence-corrected chi connectivity index (χ1v) is 7.08. The zero-order valence-corrected chi connectivity index (χ0v) is 11.3. The summed E-state index contributed by atoms with van der Waals surface area (Å²) in [7, 11) is 0. The molecule has 2 aliphatic rings. The molecule has 102 valence electrons. The Morgan fingerprint density at radius 1 is 1.28 bits per heavy atom. The predicted molar refractivity (Wildman–Crippen MR) is 71.7 cm³/mol. The Hall–Kier alpha value is -0.870. The molecule has 0 atom stereocenters. The standard InChI is InChI=1S/C14H24N2O2/c1-2-15-7-9-16(10-8-15)13-5-3-12(4-6-13)11-14(17)18/h11,13H,2-10H2,1H3,(H,17,18). The van der Waals surface area contributed by atoms with Crippen LogP contribution in [0.2, 0.25) is 0 Å². The normalized spacial score (nSPS) is 27.2. The Morgan fingerprint density at radius 2 is 1.89 bits per heavy atom. The summed E-state index contributed by atoms with van der Waals surface area (Å²) >= 11 is 0. The highest BCUT2D eigenvalue weighted by molar-refractivity contribution is 5.80. The first-order chi connectivity index (χ1) is 8.69. The van der Waals surface area contributed by atoms with Crippen molar-refractivity contribution in [1.29, 1.82) is 0 Å². The number of allylic oxidation sites excluding steroid dienone is 1. The minimum absolute atomic E-state index is 0.676. The Kier molecular flexibility index (Phi) is 4.78. The molecule has 0 aromatic rings. The lowest BCUT2D eigenvalue weighted by atomic mass is 9.89. The summed E-state index contributed by atoms with van der Waals surface area (Å²) in [6, 6.07) is 0.676. The predicted octanol–water partition coefficient (Wildman–Crippen LogP) is 1.58. The van der Waals surface area contributed by atoms with Crippen LogP contribution in [0.5, 0.6) is 0 Å². The van der Waals surface area contributed by atoms with Crippen LogP contribution in [0, 0.1) is 0 Å². The molecule has 0 unspecified atom stereocenters. The molecule has 0 aromatic heterocycles. The van der Waals surface area contributed by atoms with Crippen molar-refractivity contribution in [2.24, 2.45) is 0 Å². The van der Waals surface area contributed by atoms with Crippen LogP contribution in [0.25, 0.3) is 0 Å². The molecule has 1 aliphatic heterocycles. The monoisotopic (exact) mass is 252 g/mol. The second kappa shape index (κ2) is 6.34. The molecule has 1 heterocycles. The van der Waals surface area contributed by atoms with E-state index in [9.17, 15) is 4.79 Å². The molecular formula is C14H24N2O2. The molecule has 2 rings (SSSR count). The molecule has 0 aromatic carbocycles. The van der Waals surface area contributed by atoms with E-state index in [1.807, 2.05) is 0 Å². The van der Waals surface area contributed by atoms with Crippen LogP contribution in [-0.4, -0.2) is 59.6 Å². The van der Waals surface area contributed by atoms with Crippen LogP contribution in [0.1, 0.15) is 32.6 Å². The molecule has 1 saturated carbocycles. The summed E-state index contributed by atoms with van der Waals surface area (Å²) in [4.78, 5) is 15.7. The number of hydrogen-bond acceptors (Lipinski definition) is 3. The fraction of sp³-hybridized carbons (Fsp3) is 0.786. The summed E-state index contributed by atoms with van der Waals surface area (Å²) in [5.41, 5.74) is 1.12. The molecule has 18 heavy (non-hydrogen) atoms. The number of hydrogen-bond donors (Lipinski definition) is 1.